The number of methoxy groups -OCH3 is 2. The average molecular weight is 498 g/mol. The molecule has 1 aromatic heterocycles. The van der Waals surface area contributed by atoms with Gasteiger partial charge in [-0.25, -0.2) is 9.37 Å². The van der Waals surface area contributed by atoms with Gasteiger partial charge in [0.2, 0.25) is 5.91 Å². The molecule has 0 saturated heterocycles. The third-order valence-electron chi connectivity index (χ3n) is 4.75. The second-order valence-corrected chi connectivity index (χ2v) is 9.25. The molecule has 0 unspecified atom stereocenters. The Balaban J connectivity index is 1.40. The van der Waals surface area contributed by atoms with Crippen molar-refractivity contribution < 1.29 is 23.5 Å². The maximum atomic E-state index is 13.8. The smallest absolute Gasteiger partial charge is 0.258 e. The summed E-state index contributed by atoms with van der Waals surface area (Å²) >= 11 is 2.70. The highest BCUT2D eigenvalue weighted by atomic mass is 32.2. The Morgan fingerprint density at radius 1 is 1.03 bits per heavy atom. The van der Waals surface area contributed by atoms with Gasteiger partial charge < -0.3 is 20.1 Å². The topological polar surface area (TPSA) is 89.6 Å². The van der Waals surface area contributed by atoms with Crippen LogP contribution in [0, 0.1) is 5.82 Å². The third kappa shape index (κ3) is 5.46. The number of nitrogens with one attached hydrogen (secondary N) is 2. The molecule has 0 atom stereocenters. The first-order chi connectivity index (χ1) is 16.5. The number of carbonyl (C=O) groups is 2. The van der Waals surface area contributed by atoms with Crippen molar-refractivity contribution in [1.29, 1.82) is 0 Å². The Morgan fingerprint density at radius 3 is 2.62 bits per heavy atom. The van der Waals surface area contributed by atoms with Crippen molar-refractivity contribution in [2.24, 2.45) is 0 Å². The van der Waals surface area contributed by atoms with Crippen LogP contribution in [0.4, 0.5) is 15.8 Å². The van der Waals surface area contributed by atoms with Gasteiger partial charge in [-0.3, -0.25) is 9.59 Å². The number of benzene rings is 3. The number of ether oxygens (including phenoxy) is 2. The van der Waals surface area contributed by atoms with Crippen LogP contribution in [-0.2, 0) is 4.79 Å². The molecule has 0 saturated carbocycles. The highest BCUT2D eigenvalue weighted by Crippen LogP contribution is 2.32. The number of thiazole rings is 1. The second kappa shape index (κ2) is 10.5. The van der Waals surface area contributed by atoms with Crippen molar-refractivity contribution in [3.63, 3.8) is 0 Å². The van der Waals surface area contributed by atoms with E-state index in [9.17, 15) is 14.0 Å². The van der Waals surface area contributed by atoms with Crippen LogP contribution in [0.2, 0.25) is 0 Å². The number of aromatic nitrogens is 1. The maximum Gasteiger partial charge on any atom is 0.258 e. The van der Waals surface area contributed by atoms with E-state index < -0.39 is 11.7 Å². The Labute approximate surface area is 203 Å². The zero-order valence-electron chi connectivity index (χ0n) is 18.3. The van der Waals surface area contributed by atoms with Gasteiger partial charge in [-0.05, 0) is 42.5 Å². The van der Waals surface area contributed by atoms with Crippen molar-refractivity contribution in [3.05, 3.63) is 72.0 Å². The summed E-state index contributed by atoms with van der Waals surface area (Å²) in [4.78, 5) is 29.4. The van der Waals surface area contributed by atoms with E-state index in [4.69, 9.17) is 9.47 Å². The van der Waals surface area contributed by atoms with E-state index in [1.54, 1.807) is 49.6 Å². The van der Waals surface area contributed by atoms with Gasteiger partial charge in [0.25, 0.3) is 5.91 Å². The number of thioether (sulfide) groups is 1. The largest absolute Gasteiger partial charge is 0.497 e. The van der Waals surface area contributed by atoms with Crippen LogP contribution in [0.15, 0.2) is 65.0 Å². The Kier molecular flexibility index (Phi) is 7.29. The molecule has 2 N–H and O–H groups in total. The number of carbonyl (C=O) groups excluding carboxylic acids is 2. The minimum atomic E-state index is -0.581. The van der Waals surface area contributed by atoms with Gasteiger partial charge in [0, 0.05) is 11.8 Å². The molecule has 7 nitrogen and oxygen atoms in total. The van der Waals surface area contributed by atoms with Gasteiger partial charge in [0.1, 0.15) is 17.3 Å². The summed E-state index contributed by atoms with van der Waals surface area (Å²) in [6.07, 6.45) is 0. The number of rotatable bonds is 8. The number of hydrogen-bond donors (Lipinski definition) is 2. The normalized spacial score (nSPS) is 10.7. The average Bonchev–Trinajstić information content (AvgIpc) is 3.25. The number of halogens is 1. The predicted octanol–water partition coefficient (Wildman–Crippen LogP) is 5.44. The molecule has 174 valence electrons. The van der Waals surface area contributed by atoms with Crippen LogP contribution in [0.1, 0.15) is 10.4 Å². The molecule has 0 radical (unpaired) electrons. The van der Waals surface area contributed by atoms with Crippen molar-refractivity contribution in [2.45, 2.75) is 4.34 Å². The lowest BCUT2D eigenvalue weighted by Gasteiger charge is -2.11. The fourth-order valence-electron chi connectivity index (χ4n) is 3.11. The minimum Gasteiger partial charge on any atom is -0.497 e. The van der Waals surface area contributed by atoms with Gasteiger partial charge >= 0.3 is 0 Å². The van der Waals surface area contributed by atoms with Crippen LogP contribution in [0.5, 0.6) is 11.5 Å². The summed E-state index contributed by atoms with van der Waals surface area (Å²) in [6.45, 7) is 0. The number of anilines is 2. The zero-order valence-corrected chi connectivity index (χ0v) is 19.9. The molecule has 0 bridgehead atoms. The molecular formula is C24H20FN3O4S2. The van der Waals surface area contributed by atoms with Crippen molar-refractivity contribution in [3.8, 4) is 11.5 Å². The van der Waals surface area contributed by atoms with E-state index in [-0.39, 0.29) is 17.2 Å². The standard InChI is InChI=1S/C24H20FN3O4S2/c1-31-15-8-10-20(32-2)19(12-15)27-22(29)13-33-24-28-18-9-7-14(11-21(18)34-24)26-23(30)16-5-3-4-6-17(16)25/h3-12H,13H2,1-2H3,(H,26,30)(H,27,29). The van der Waals surface area contributed by atoms with E-state index in [1.165, 1.54) is 48.4 Å². The van der Waals surface area contributed by atoms with Gasteiger partial charge in [0.15, 0.2) is 4.34 Å². The van der Waals surface area contributed by atoms with Crippen molar-refractivity contribution >= 4 is 56.5 Å². The van der Waals surface area contributed by atoms with Crippen LogP contribution in [-0.4, -0.2) is 36.8 Å². The highest BCUT2D eigenvalue weighted by Gasteiger charge is 2.14. The predicted molar refractivity (Wildman–Crippen MR) is 133 cm³/mol. The number of fused-ring (bicyclic) bond motifs is 1. The van der Waals surface area contributed by atoms with Gasteiger partial charge in [-0.1, -0.05) is 23.9 Å². The summed E-state index contributed by atoms with van der Waals surface area (Å²) in [5, 5.41) is 5.53. The monoisotopic (exact) mass is 497 g/mol. The molecule has 4 aromatic rings. The lowest BCUT2D eigenvalue weighted by Crippen LogP contribution is -2.14. The first kappa shape index (κ1) is 23.5. The number of hydrogen-bond acceptors (Lipinski definition) is 7. The molecule has 3 aromatic carbocycles. The van der Waals surface area contributed by atoms with E-state index in [0.29, 0.717) is 27.2 Å². The Morgan fingerprint density at radius 2 is 1.85 bits per heavy atom. The van der Waals surface area contributed by atoms with Crippen LogP contribution >= 0.6 is 23.1 Å². The van der Waals surface area contributed by atoms with Crippen molar-refractivity contribution in [1.82, 2.24) is 4.98 Å². The summed E-state index contributed by atoms with van der Waals surface area (Å²) in [5.74, 6) is -0.0361. The summed E-state index contributed by atoms with van der Waals surface area (Å²) in [6, 6.07) is 16.2. The number of amides is 2. The summed E-state index contributed by atoms with van der Waals surface area (Å²) in [5.41, 5.74) is 1.77. The molecule has 0 aliphatic heterocycles. The molecule has 0 aliphatic rings. The summed E-state index contributed by atoms with van der Waals surface area (Å²) < 4.78 is 25.9. The van der Waals surface area contributed by atoms with E-state index in [0.717, 1.165) is 10.2 Å². The van der Waals surface area contributed by atoms with Crippen LogP contribution in [0.25, 0.3) is 10.2 Å². The molecular weight excluding hydrogens is 477 g/mol. The molecule has 10 heteroatoms. The highest BCUT2D eigenvalue weighted by molar-refractivity contribution is 8.01. The fraction of sp³-hybridized carbons (Fsp3) is 0.125. The van der Waals surface area contributed by atoms with Crippen LogP contribution < -0.4 is 20.1 Å². The Bertz CT molecular complexity index is 1360. The molecule has 34 heavy (non-hydrogen) atoms. The minimum absolute atomic E-state index is 0.0261. The Hall–Kier alpha value is -3.63. The second-order valence-electron chi connectivity index (χ2n) is 7.00. The first-order valence-electron chi connectivity index (χ1n) is 10.1. The van der Waals surface area contributed by atoms with E-state index in [1.807, 2.05) is 0 Å². The molecule has 4 rings (SSSR count). The SMILES string of the molecule is COc1ccc(OC)c(NC(=O)CSc2nc3ccc(NC(=O)c4ccccc4F)cc3s2)c1. The number of nitrogens with zero attached hydrogens (tertiary/aromatic N) is 1. The van der Waals surface area contributed by atoms with Gasteiger partial charge in [-0.2, -0.15) is 0 Å². The third-order valence-corrected chi connectivity index (χ3v) is 6.91. The lowest BCUT2D eigenvalue weighted by atomic mass is 10.2. The van der Waals surface area contributed by atoms with Crippen molar-refractivity contribution in [2.75, 3.05) is 30.6 Å². The van der Waals surface area contributed by atoms with E-state index in [2.05, 4.69) is 15.6 Å². The summed E-state index contributed by atoms with van der Waals surface area (Å²) in [7, 11) is 3.08. The zero-order chi connectivity index (χ0) is 24.1. The fourth-order valence-corrected chi connectivity index (χ4v) is 5.02. The van der Waals surface area contributed by atoms with E-state index >= 15 is 0 Å². The van der Waals surface area contributed by atoms with Gasteiger partial charge in [0.05, 0.1) is 41.4 Å². The molecule has 0 fully saturated rings. The molecule has 0 spiro atoms. The van der Waals surface area contributed by atoms with Gasteiger partial charge in [-0.15, -0.1) is 11.3 Å². The van der Waals surface area contributed by atoms with Crippen LogP contribution in [0.3, 0.4) is 0 Å². The molecule has 2 amide bonds. The lowest BCUT2D eigenvalue weighted by molar-refractivity contribution is -0.113. The quantitative estimate of drug-likeness (QED) is 0.315. The molecule has 0 aliphatic carbocycles. The maximum absolute atomic E-state index is 13.8. The first-order valence-corrected chi connectivity index (χ1v) is 11.9. The molecule has 1 heterocycles.